The van der Waals surface area contributed by atoms with Crippen molar-refractivity contribution < 1.29 is 9.47 Å². The summed E-state index contributed by atoms with van der Waals surface area (Å²) in [6.07, 6.45) is 2.88. The van der Waals surface area contributed by atoms with Gasteiger partial charge in [0, 0.05) is 43.5 Å². The molecule has 1 aromatic heterocycles. The molecule has 7 nitrogen and oxygen atoms in total. The summed E-state index contributed by atoms with van der Waals surface area (Å²) >= 11 is 0. The van der Waals surface area contributed by atoms with Crippen LogP contribution in [0.4, 0.5) is 17.5 Å². The van der Waals surface area contributed by atoms with Gasteiger partial charge in [-0.25, -0.2) is 4.98 Å². The smallest absolute Gasteiger partial charge is 0.229 e. The number of aromatic nitrogens is 2. The van der Waals surface area contributed by atoms with Crippen LogP contribution in [0, 0.1) is 5.92 Å². The molecule has 1 aliphatic rings. The number of rotatable bonds is 8. The first kappa shape index (κ1) is 19.2. The molecule has 0 aliphatic carbocycles. The number of anilines is 3. The van der Waals surface area contributed by atoms with Crippen molar-refractivity contribution in [1.29, 1.82) is 0 Å². The zero-order valence-electron chi connectivity index (χ0n) is 16.5. The molecule has 0 spiro atoms. The number of methoxy groups -OCH3 is 1. The van der Waals surface area contributed by atoms with Gasteiger partial charge in [0.15, 0.2) is 11.5 Å². The summed E-state index contributed by atoms with van der Waals surface area (Å²) in [5.74, 6) is 3.29. The Hall–Kier alpha value is -2.54. The first-order chi connectivity index (χ1) is 13.1. The van der Waals surface area contributed by atoms with Crippen LogP contribution >= 0.6 is 0 Å². The standard InChI is InChI=1S/C20H29N5O2/c1-14(2)25-10-8-15(12-25)13-27-18-11-16(5-6-17(18)26-4)23-20-22-9-7-19(21-3)24-20/h5-7,9,11,14-15H,8,10,12-13H2,1-4H3,(H2,21,22,23,24). The van der Waals surface area contributed by atoms with E-state index in [1.54, 1.807) is 13.3 Å². The van der Waals surface area contributed by atoms with Gasteiger partial charge in [-0.2, -0.15) is 4.98 Å². The van der Waals surface area contributed by atoms with Crippen LogP contribution in [0.2, 0.25) is 0 Å². The summed E-state index contributed by atoms with van der Waals surface area (Å²) in [6, 6.07) is 8.16. The summed E-state index contributed by atoms with van der Waals surface area (Å²) in [6.45, 7) is 7.40. The normalized spacial score (nSPS) is 17.1. The average Bonchev–Trinajstić information content (AvgIpc) is 3.16. The minimum absolute atomic E-state index is 0.529. The van der Waals surface area contributed by atoms with Crippen molar-refractivity contribution in [2.24, 2.45) is 5.92 Å². The van der Waals surface area contributed by atoms with Crippen molar-refractivity contribution in [3.8, 4) is 11.5 Å². The molecule has 1 atom stereocenters. The number of ether oxygens (including phenoxy) is 2. The molecule has 27 heavy (non-hydrogen) atoms. The fraction of sp³-hybridized carbons (Fsp3) is 0.500. The number of hydrogen-bond donors (Lipinski definition) is 2. The van der Waals surface area contributed by atoms with Crippen LogP contribution in [0.5, 0.6) is 11.5 Å². The van der Waals surface area contributed by atoms with E-state index in [1.807, 2.05) is 31.3 Å². The second-order valence-electron chi connectivity index (χ2n) is 7.06. The van der Waals surface area contributed by atoms with Crippen molar-refractivity contribution in [2.45, 2.75) is 26.3 Å². The average molecular weight is 371 g/mol. The lowest BCUT2D eigenvalue weighted by Gasteiger charge is -2.20. The quantitative estimate of drug-likeness (QED) is 0.737. The van der Waals surface area contributed by atoms with Gasteiger partial charge in [-0.1, -0.05) is 0 Å². The highest BCUT2D eigenvalue weighted by molar-refractivity contribution is 5.60. The number of nitrogens with zero attached hydrogens (tertiary/aromatic N) is 3. The molecule has 3 rings (SSSR count). The molecule has 1 saturated heterocycles. The highest BCUT2D eigenvalue weighted by Gasteiger charge is 2.25. The maximum atomic E-state index is 6.12. The van der Waals surface area contributed by atoms with Gasteiger partial charge in [0.25, 0.3) is 0 Å². The van der Waals surface area contributed by atoms with Crippen LogP contribution < -0.4 is 20.1 Å². The Bertz CT molecular complexity index is 753. The third-order valence-electron chi connectivity index (χ3n) is 4.85. The molecule has 1 fully saturated rings. The lowest BCUT2D eigenvalue weighted by molar-refractivity contribution is 0.218. The molecular weight excluding hydrogens is 342 g/mol. The Morgan fingerprint density at radius 1 is 1.26 bits per heavy atom. The second kappa shape index (κ2) is 8.90. The maximum absolute atomic E-state index is 6.12. The van der Waals surface area contributed by atoms with E-state index in [0.717, 1.165) is 36.1 Å². The van der Waals surface area contributed by atoms with Crippen LogP contribution in [-0.2, 0) is 0 Å². The summed E-state index contributed by atoms with van der Waals surface area (Å²) in [5.41, 5.74) is 0.856. The Morgan fingerprint density at radius 3 is 2.81 bits per heavy atom. The molecule has 0 bridgehead atoms. The third-order valence-corrected chi connectivity index (χ3v) is 4.85. The highest BCUT2D eigenvalue weighted by Crippen LogP contribution is 2.32. The molecule has 7 heteroatoms. The predicted octanol–water partition coefficient (Wildman–Crippen LogP) is 3.38. The van der Waals surface area contributed by atoms with Gasteiger partial charge in [-0.15, -0.1) is 0 Å². The van der Waals surface area contributed by atoms with Crippen LogP contribution in [-0.4, -0.2) is 54.8 Å². The molecule has 0 radical (unpaired) electrons. The van der Waals surface area contributed by atoms with E-state index >= 15 is 0 Å². The second-order valence-corrected chi connectivity index (χ2v) is 7.06. The Kier molecular flexibility index (Phi) is 6.34. The number of nitrogens with one attached hydrogen (secondary N) is 2. The van der Waals surface area contributed by atoms with Crippen LogP contribution in [0.3, 0.4) is 0 Å². The number of benzene rings is 1. The zero-order valence-corrected chi connectivity index (χ0v) is 16.5. The SMILES string of the molecule is CNc1ccnc(Nc2ccc(OC)c(OCC3CCN(C(C)C)C3)c2)n1. The lowest BCUT2D eigenvalue weighted by atomic mass is 10.1. The molecule has 0 amide bonds. The Labute approximate surface area is 161 Å². The first-order valence-corrected chi connectivity index (χ1v) is 9.41. The van der Waals surface area contributed by atoms with Gasteiger partial charge in [0.2, 0.25) is 5.95 Å². The molecular formula is C20H29N5O2. The predicted molar refractivity (Wildman–Crippen MR) is 108 cm³/mol. The molecule has 0 saturated carbocycles. The van der Waals surface area contributed by atoms with Crippen LogP contribution in [0.25, 0.3) is 0 Å². The molecule has 2 N–H and O–H groups in total. The largest absolute Gasteiger partial charge is 0.493 e. The van der Waals surface area contributed by atoms with Crippen molar-refractivity contribution in [3.63, 3.8) is 0 Å². The highest BCUT2D eigenvalue weighted by atomic mass is 16.5. The third kappa shape index (κ3) is 5.01. The first-order valence-electron chi connectivity index (χ1n) is 9.41. The summed E-state index contributed by atoms with van der Waals surface area (Å²) in [4.78, 5) is 11.1. The van der Waals surface area contributed by atoms with Gasteiger partial charge < -0.3 is 25.0 Å². The Balaban J connectivity index is 1.66. The van der Waals surface area contributed by atoms with E-state index in [1.165, 1.54) is 6.42 Å². The lowest BCUT2D eigenvalue weighted by Crippen LogP contribution is -2.29. The summed E-state index contributed by atoms with van der Waals surface area (Å²) in [5, 5.41) is 6.22. The number of hydrogen-bond acceptors (Lipinski definition) is 7. The topological polar surface area (TPSA) is 71.5 Å². The van der Waals surface area contributed by atoms with Crippen molar-refractivity contribution >= 4 is 17.5 Å². The van der Waals surface area contributed by atoms with Gasteiger partial charge in [-0.05, 0) is 45.0 Å². The fourth-order valence-electron chi connectivity index (χ4n) is 3.23. The molecule has 1 unspecified atom stereocenters. The monoisotopic (exact) mass is 371 g/mol. The van der Waals surface area contributed by atoms with Crippen molar-refractivity contribution in [2.75, 3.05) is 44.5 Å². The van der Waals surface area contributed by atoms with Crippen LogP contribution in [0.1, 0.15) is 20.3 Å². The van der Waals surface area contributed by atoms with E-state index in [-0.39, 0.29) is 0 Å². The Morgan fingerprint density at radius 2 is 2.11 bits per heavy atom. The van der Waals surface area contributed by atoms with Gasteiger partial charge in [0.05, 0.1) is 13.7 Å². The molecule has 2 aromatic rings. The van der Waals surface area contributed by atoms with Gasteiger partial charge in [-0.3, -0.25) is 0 Å². The minimum Gasteiger partial charge on any atom is -0.493 e. The van der Waals surface area contributed by atoms with E-state index in [4.69, 9.17) is 9.47 Å². The van der Waals surface area contributed by atoms with E-state index < -0.39 is 0 Å². The van der Waals surface area contributed by atoms with Crippen molar-refractivity contribution in [3.05, 3.63) is 30.5 Å². The van der Waals surface area contributed by atoms with E-state index in [0.29, 0.717) is 24.5 Å². The molecule has 1 aromatic carbocycles. The molecule has 146 valence electrons. The van der Waals surface area contributed by atoms with E-state index in [9.17, 15) is 0 Å². The zero-order chi connectivity index (χ0) is 19.2. The summed E-state index contributed by atoms with van der Waals surface area (Å²) in [7, 11) is 3.49. The fourth-order valence-corrected chi connectivity index (χ4v) is 3.23. The number of likely N-dealkylation sites (tertiary alicyclic amines) is 1. The minimum atomic E-state index is 0.529. The molecule has 2 heterocycles. The maximum Gasteiger partial charge on any atom is 0.229 e. The van der Waals surface area contributed by atoms with Gasteiger partial charge in [0.1, 0.15) is 5.82 Å². The molecule has 1 aliphatic heterocycles. The van der Waals surface area contributed by atoms with Gasteiger partial charge >= 0.3 is 0 Å². The summed E-state index contributed by atoms with van der Waals surface area (Å²) < 4.78 is 11.6. The van der Waals surface area contributed by atoms with Crippen molar-refractivity contribution in [1.82, 2.24) is 14.9 Å². The van der Waals surface area contributed by atoms with Crippen LogP contribution in [0.15, 0.2) is 30.5 Å². The van der Waals surface area contributed by atoms with E-state index in [2.05, 4.69) is 39.3 Å².